The zero-order valence-corrected chi connectivity index (χ0v) is 15.1. The van der Waals surface area contributed by atoms with Crippen molar-refractivity contribution in [2.75, 3.05) is 26.7 Å². The van der Waals surface area contributed by atoms with Gasteiger partial charge in [0.15, 0.2) is 0 Å². The molecule has 1 amide bonds. The van der Waals surface area contributed by atoms with Gasteiger partial charge in [-0.05, 0) is 56.5 Å². The van der Waals surface area contributed by atoms with Crippen LogP contribution in [0.2, 0.25) is 0 Å². The molecule has 0 saturated carbocycles. The molecule has 25 heavy (non-hydrogen) atoms. The van der Waals surface area contributed by atoms with Crippen molar-refractivity contribution in [1.82, 2.24) is 10.2 Å². The number of nitrogens with zero attached hydrogens (tertiary/aromatic N) is 1. The fourth-order valence-corrected chi connectivity index (χ4v) is 3.78. The van der Waals surface area contributed by atoms with E-state index in [9.17, 15) is 22.0 Å². The number of piperidine rings is 1. The van der Waals surface area contributed by atoms with Crippen molar-refractivity contribution in [3.05, 3.63) is 35.4 Å². The molecule has 0 aliphatic carbocycles. The maximum Gasteiger partial charge on any atom is 0.337 e. The molecule has 1 aliphatic rings. The Morgan fingerprint density at radius 2 is 1.84 bits per heavy atom. The summed E-state index contributed by atoms with van der Waals surface area (Å²) in [6.07, 6.45) is 3.04. The lowest BCUT2D eigenvalue weighted by molar-refractivity contribution is 0.0687. The quantitative estimate of drug-likeness (QED) is 0.795. The second-order valence-electron chi connectivity index (χ2n) is 6.39. The summed E-state index contributed by atoms with van der Waals surface area (Å²) < 4.78 is 47.3. The van der Waals surface area contributed by atoms with Crippen LogP contribution in [0.15, 0.2) is 24.3 Å². The third-order valence-electron chi connectivity index (χ3n) is 4.54. The molecular formula is C17H24F2N2O3S. The maximum atomic E-state index is 12.5. The van der Waals surface area contributed by atoms with Gasteiger partial charge in [-0.3, -0.25) is 4.79 Å². The maximum absolute atomic E-state index is 12.5. The molecule has 1 N–H and O–H groups in total. The molecule has 1 saturated heterocycles. The Labute approximate surface area is 147 Å². The summed E-state index contributed by atoms with van der Waals surface area (Å²) in [5.41, 5.74) is 0.703. The summed E-state index contributed by atoms with van der Waals surface area (Å²) in [4.78, 5) is 14.3. The number of carbonyl (C=O) groups excluding carboxylic acids is 1. The third-order valence-corrected chi connectivity index (χ3v) is 5.82. The highest BCUT2D eigenvalue weighted by atomic mass is 32.2. The highest BCUT2D eigenvalue weighted by molar-refractivity contribution is 7.90. The van der Waals surface area contributed by atoms with E-state index in [1.807, 2.05) is 7.05 Å². The van der Waals surface area contributed by atoms with Gasteiger partial charge >= 0.3 is 5.76 Å². The van der Waals surface area contributed by atoms with Gasteiger partial charge in [-0.1, -0.05) is 12.1 Å². The van der Waals surface area contributed by atoms with Crippen LogP contribution in [0, 0.1) is 5.92 Å². The largest absolute Gasteiger partial charge is 0.339 e. The van der Waals surface area contributed by atoms with E-state index >= 15 is 0 Å². The predicted molar refractivity (Wildman–Crippen MR) is 92.2 cm³/mol. The van der Waals surface area contributed by atoms with Crippen molar-refractivity contribution in [1.29, 1.82) is 0 Å². The standard InChI is InChI=1S/C17H24F2N2O3S/c1-20-9-6-13-7-10-21(11-8-13)16(22)15-4-2-14(3-5-15)12-25(23,24)17(18)19/h2-5,13,17,20H,6-12H2,1H3. The number of nitrogens with one attached hydrogen (secondary N) is 1. The number of rotatable bonds is 7. The van der Waals surface area contributed by atoms with Gasteiger partial charge in [0, 0.05) is 18.7 Å². The molecule has 0 atom stereocenters. The minimum Gasteiger partial charge on any atom is -0.339 e. The smallest absolute Gasteiger partial charge is 0.337 e. The fraction of sp³-hybridized carbons (Fsp3) is 0.588. The summed E-state index contributed by atoms with van der Waals surface area (Å²) in [7, 11) is -2.53. The normalized spacial score (nSPS) is 16.4. The molecule has 8 heteroatoms. The highest BCUT2D eigenvalue weighted by Crippen LogP contribution is 2.22. The van der Waals surface area contributed by atoms with Gasteiger partial charge in [-0.2, -0.15) is 8.78 Å². The fourth-order valence-electron chi connectivity index (χ4n) is 2.99. The summed E-state index contributed by atoms with van der Waals surface area (Å²) in [6.45, 7) is 2.38. The number of benzene rings is 1. The van der Waals surface area contributed by atoms with Crippen molar-refractivity contribution < 1.29 is 22.0 Å². The van der Waals surface area contributed by atoms with Gasteiger partial charge in [0.1, 0.15) is 0 Å². The van der Waals surface area contributed by atoms with Crippen LogP contribution in [0.5, 0.6) is 0 Å². The minimum atomic E-state index is -4.45. The van der Waals surface area contributed by atoms with Crippen LogP contribution in [-0.4, -0.2) is 51.7 Å². The van der Waals surface area contributed by atoms with E-state index < -0.39 is 21.3 Å². The second-order valence-corrected chi connectivity index (χ2v) is 8.36. The first-order valence-electron chi connectivity index (χ1n) is 8.36. The summed E-state index contributed by atoms with van der Waals surface area (Å²) in [5.74, 6) is -3.59. The zero-order chi connectivity index (χ0) is 18.4. The van der Waals surface area contributed by atoms with Crippen LogP contribution < -0.4 is 5.32 Å². The van der Waals surface area contributed by atoms with Crippen molar-refractivity contribution in [2.45, 2.75) is 30.8 Å². The Morgan fingerprint density at radius 1 is 1.24 bits per heavy atom. The van der Waals surface area contributed by atoms with E-state index in [0.29, 0.717) is 24.6 Å². The number of alkyl halides is 2. The van der Waals surface area contributed by atoms with Gasteiger partial charge in [-0.25, -0.2) is 8.42 Å². The van der Waals surface area contributed by atoms with Crippen molar-refractivity contribution in [3.63, 3.8) is 0 Å². The number of carbonyl (C=O) groups is 1. The first-order chi connectivity index (χ1) is 11.8. The Bertz CT molecular complexity index is 670. The third kappa shape index (κ3) is 5.47. The van der Waals surface area contributed by atoms with Crippen LogP contribution >= 0.6 is 0 Å². The van der Waals surface area contributed by atoms with E-state index in [1.54, 1.807) is 4.90 Å². The van der Waals surface area contributed by atoms with Crippen molar-refractivity contribution in [3.8, 4) is 0 Å². The van der Waals surface area contributed by atoms with E-state index in [1.165, 1.54) is 24.3 Å². The van der Waals surface area contributed by atoms with Crippen LogP contribution in [0.3, 0.4) is 0 Å². The lowest BCUT2D eigenvalue weighted by Gasteiger charge is -2.32. The number of hydrogen-bond acceptors (Lipinski definition) is 4. The molecule has 0 radical (unpaired) electrons. The molecule has 2 rings (SSSR count). The molecular weight excluding hydrogens is 350 g/mol. The summed E-state index contributed by atoms with van der Waals surface area (Å²) >= 11 is 0. The molecule has 1 aromatic carbocycles. The highest BCUT2D eigenvalue weighted by Gasteiger charge is 2.25. The van der Waals surface area contributed by atoms with Crippen LogP contribution in [0.25, 0.3) is 0 Å². The van der Waals surface area contributed by atoms with Crippen LogP contribution in [0.1, 0.15) is 35.2 Å². The second kappa shape index (κ2) is 8.71. The average molecular weight is 374 g/mol. The number of sulfone groups is 1. The van der Waals surface area contributed by atoms with E-state index in [4.69, 9.17) is 0 Å². The molecule has 0 spiro atoms. The molecule has 1 aromatic rings. The Morgan fingerprint density at radius 3 is 2.36 bits per heavy atom. The Hall–Kier alpha value is -1.54. The van der Waals surface area contributed by atoms with Gasteiger partial charge in [0.2, 0.25) is 9.84 Å². The van der Waals surface area contributed by atoms with Crippen LogP contribution in [-0.2, 0) is 15.6 Å². The molecule has 0 aromatic heterocycles. The van der Waals surface area contributed by atoms with Crippen LogP contribution in [0.4, 0.5) is 8.78 Å². The number of amides is 1. The van der Waals surface area contributed by atoms with E-state index in [2.05, 4.69) is 5.32 Å². The van der Waals surface area contributed by atoms with Crippen molar-refractivity contribution >= 4 is 15.7 Å². The summed E-state index contributed by atoms with van der Waals surface area (Å²) in [5, 5.41) is 3.13. The Balaban J connectivity index is 1.93. The van der Waals surface area contributed by atoms with Gasteiger partial charge in [-0.15, -0.1) is 0 Å². The van der Waals surface area contributed by atoms with E-state index in [-0.39, 0.29) is 11.5 Å². The first-order valence-corrected chi connectivity index (χ1v) is 10.1. The lowest BCUT2D eigenvalue weighted by Crippen LogP contribution is -2.38. The molecule has 140 valence electrons. The summed E-state index contributed by atoms with van der Waals surface area (Å²) in [6, 6.07) is 5.86. The monoisotopic (exact) mass is 374 g/mol. The Kier molecular flexibility index (Phi) is 6.89. The van der Waals surface area contributed by atoms with E-state index in [0.717, 1.165) is 25.8 Å². The van der Waals surface area contributed by atoms with Gasteiger partial charge in [0.25, 0.3) is 5.91 Å². The number of likely N-dealkylation sites (tertiary alicyclic amines) is 1. The number of halogens is 2. The zero-order valence-electron chi connectivity index (χ0n) is 14.2. The predicted octanol–water partition coefficient (Wildman–Crippen LogP) is 2.29. The van der Waals surface area contributed by atoms with Crippen molar-refractivity contribution in [2.24, 2.45) is 5.92 Å². The molecule has 0 unspecified atom stereocenters. The molecule has 1 fully saturated rings. The first kappa shape index (κ1) is 19.8. The average Bonchev–Trinajstić information content (AvgIpc) is 2.60. The minimum absolute atomic E-state index is 0.102. The van der Waals surface area contributed by atoms with Gasteiger partial charge in [0.05, 0.1) is 5.75 Å². The molecule has 1 aliphatic heterocycles. The molecule has 5 nitrogen and oxygen atoms in total. The topological polar surface area (TPSA) is 66.5 Å². The molecule has 0 bridgehead atoms. The molecule has 1 heterocycles. The SMILES string of the molecule is CNCCC1CCN(C(=O)c2ccc(CS(=O)(=O)C(F)F)cc2)CC1. The van der Waals surface area contributed by atoms with Gasteiger partial charge < -0.3 is 10.2 Å². The number of hydrogen-bond donors (Lipinski definition) is 1. The lowest BCUT2D eigenvalue weighted by atomic mass is 9.93.